The highest BCUT2D eigenvalue weighted by Gasteiger charge is 2.49. The number of rotatable bonds is 2. The topological polar surface area (TPSA) is 32.3 Å². The molecule has 5 rings (SSSR count). The third-order valence-corrected chi connectivity index (χ3v) is 5.92. The van der Waals surface area contributed by atoms with Gasteiger partial charge in [-0.15, -0.1) is 0 Å². The van der Waals surface area contributed by atoms with Gasteiger partial charge in [0, 0.05) is 25.2 Å². The second-order valence-electron chi connectivity index (χ2n) is 6.70. The van der Waals surface area contributed by atoms with Crippen molar-refractivity contribution >= 4 is 6.29 Å². The van der Waals surface area contributed by atoms with Crippen LogP contribution in [-0.4, -0.2) is 42.4 Å². The summed E-state index contributed by atoms with van der Waals surface area (Å²) in [5.41, 5.74) is 0.354. The first-order valence-corrected chi connectivity index (χ1v) is 7.44. The average Bonchev–Trinajstić information content (AvgIpc) is 3.01. The van der Waals surface area contributed by atoms with Crippen molar-refractivity contribution in [1.82, 2.24) is 10.2 Å². The van der Waals surface area contributed by atoms with Crippen LogP contribution in [0.2, 0.25) is 0 Å². The Kier molecular flexibility index (Phi) is 2.43. The van der Waals surface area contributed by atoms with Crippen molar-refractivity contribution in [2.75, 3.05) is 19.6 Å². The number of allylic oxidation sites excluding steroid dienone is 1. The Bertz CT molecular complexity index is 384. The van der Waals surface area contributed by atoms with Gasteiger partial charge in [0.1, 0.15) is 6.29 Å². The standard InChI is InChI=1S/C15H22N2O/c18-10-14-13-9-17(8-12(13)7-16-14)15-4-1-11(2-5-15)3-6-15/h1,4,10-14,16H,2-3,5-9H2. The maximum atomic E-state index is 11.1. The molecule has 2 bridgehead atoms. The zero-order valence-electron chi connectivity index (χ0n) is 10.8. The molecule has 2 saturated heterocycles. The van der Waals surface area contributed by atoms with E-state index in [2.05, 4.69) is 22.4 Å². The van der Waals surface area contributed by atoms with Crippen LogP contribution >= 0.6 is 0 Å². The summed E-state index contributed by atoms with van der Waals surface area (Å²) >= 11 is 0. The Hall–Kier alpha value is -0.670. The van der Waals surface area contributed by atoms with E-state index in [-0.39, 0.29) is 6.04 Å². The minimum atomic E-state index is 0.111. The van der Waals surface area contributed by atoms with Crippen molar-refractivity contribution in [3.63, 3.8) is 0 Å². The quantitative estimate of drug-likeness (QED) is 0.587. The Balaban J connectivity index is 1.56. The molecule has 0 radical (unpaired) electrons. The Morgan fingerprint density at radius 3 is 2.78 bits per heavy atom. The Labute approximate surface area is 109 Å². The van der Waals surface area contributed by atoms with Gasteiger partial charge in [-0.1, -0.05) is 12.2 Å². The van der Waals surface area contributed by atoms with Crippen LogP contribution in [0, 0.1) is 17.8 Å². The van der Waals surface area contributed by atoms with E-state index >= 15 is 0 Å². The second kappa shape index (κ2) is 3.91. The van der Waals surface area contributed by atoms with Gasteiger partial charge in [-0.3, -0.25) is 4.90 Å². The molecule has 0 aromatic heterocycles. The molecule has 3 unspecified atom stereocenters. The van der Waals surface area contributed by atoms with E-state index in [4.69, 9.17) is 0 Å². The molecule has 3 nitrogen and oxygen atoms in total. The van der Waals surface area contributed by atoms with Crippen molar-refractivity contribution in [2.24, 2.45) is 17.8 Å². The predicted molar refractivity (Wildman–Crippen MR) is 70.2 cm³/mol. The summed E-state index contributed by atoms with van der Waals surface area (Å²) in [4.78, 5) is 13.8. The van der Waals surface area contributed by atoms with Gasteiger partial charge < -0.3 is 10.1 Å². The number of nitrogens with one attached hydrogen (secondary N) is 1. The summed E-state index contributed by atoms with van der Waals surface area (Å²) in [6, 6.07) is 0.111. The van der Waals surface area contributed by atoms with Crippen LogP contribution in [0.5, 0.6) is 0 Å². The molecule has 1 N–H and O–H groups in total. The molecule has 3 atom stereocenters. The van der Waals surface area contributed by atoms with E-state index in [0.29, 0.717) is 17.4 Å². The molecule has 0 amide bonds. The highest BCUT2D eigenvalue weighted by Crippen LogP contribution is 2.46. The third kappa shape index (κ3) is 1.47. The van der Waals surface area contributed by atoms with Gasteiger partial charge in [0.15, 0.2) is 0 Å². The first-order chi connectivity index (χ1) is 8.81. The van der Waals surface area contributed by atoms with Gasteiger partial charge in [0.25, 0.3) is 0 Å². The number of aldehydes is 1. The highest BCUT2D eigenvalue weighted by molar-refractivity contribution is 5.59. The largest absolute Gasteiger partial charge is 0.307 e. The molecule has 98 valence electrons. The summed E-state index contributed by atoms with van der Waals surface area (Å²) in [6.07, 6.45) is 11.5. The molecule has 3 aliphatic carbocycles. The maximum absolute atomic E-state index is 11.1. The van der Waals surface area contributed by atoms with Crippen LogP contribution in [0.15, 0.2) is 12.2 Å². The lowest BCUT2D eigenvalue weighted by molar-refractivity contribution is -0.110. The number of carbonyl (C=O) groups excluding carboxylic acids is 1. The fourth-order valence-electron chi connectivity index (χ4n) is 4.71. The molecule has 2 heterocycles. The molecule has 5 aliphatic rings. The molecule has 18 heavy (non-hydrogen) atoms. The number of carbonyl (C=O) groups is 1. The molecular formula is C15H22N2O. The maximum Gasteiger partial charge on any atom is 0.137 e. The van der Waals surface area contributed by atoms with Crippen LogP contribution in [0.3, 0.4) is 0 Å². The lowest BCUT2D eigenvalue weighted by Gasteiger charge is -2.48. The van der Waals surface area contributed by atoms with Crippen LogP contribution in [0.4, 0.5) is 0 Å². The Morgan fingerprint density at radius 2 is 2.11 bits per heavy atom. The normalized spacial score (nSPS) is 50.7. The van der Waals surface area contributed by atoms with Crippen molar-refractivity contribution in [3.05, 3.63) is 12.2 Å². The van der Waals surface area contributed by atoms with Crippen molar-refractivity contribution in [3.8, 4) is 0 Å². The predicted octanol–water partition coefficient (Wildman–Crippen LogP) is 1.20. The van der Waals surface area contributed by atoms with Crippen LogP contribution in [-0.2, 0) is 4.79 Å². The summed E-state index contributed by atoms with van der Waals surface area (Å²) in [7, 11) is 0. The van der Waals surface area contributed by atoms with E-state index in [0.717, 1.165) is 25.3 Å². The summed E-state index contributed by atoms with van der Waals surface area (Å²) in [5.74, 6) is 2.12. The first kappa shape index (κ1) is 11.2. The number of nitrogens with zero attached hydrogens (tertiary/aromatic N) is 1. The van der Waals surface area contributed by atoms with Gasteiger partial charge in [-0.25, -0.2) is 0 Å². The van der Waals surface area contributed by atoms with Gasteiger partial charge in [-0.2, -0.15) is 0 Å². The molecule has 0 aromatic rings. The molecule has 3 fully saturated rings. The third-order valence-electron chi connectivity index (χ3n) is 5.92. The van der Waals surface area contributed by atoms with E-state index in [9.17, 15) is 4.79 Å². The minimum absolute atomic E-state index is 0.111. The van der Waals surface area contributed by atoms with Gasteiger partial charge in [0.2, 0.25) is 0 Å². The lowest BCUT2D eigenvalue weighted by Crippen LogP contribution is -2.51. The summed E-state index contributed by atoms with van der Waals surface area (Å²) in [5, 5.41) is 3.36. The smallest absolute Gasteiger partial charge is 0.137 e. The van der Waals surface area contributed by atoms with E-state index in [1.54, 1.807) is 0 Å². The number of likely N-dealkylation sites (tertiary alicyclic amines) is 1. The monoisotopic (exact) mass is 246 g/mol. The summed E-state index contributed by atoms with van der Waals surface area (Å²) in [6.45, 7) is 3.35. The zero-order chi connectivity index (χ0) is 12.2. The molecule has 0 aromatic carbocycles. The number of hydrogen-bond acceptors (Lipinski definition) is 3. The lowest BCUT2D eigenvalue weighted by atomic mass is 9.70. The van der Waals surface area contributed by atoms with Crippen molar-refractivity contribution in [2.45, 2.75) is 37.3 Å². The molecule has 1 saturated carbocycles. The molecule has 3 heteroatoms. The molecular weight excluding hydrogens is 224 g/mol. The van der Waals surface area contributed by atoms with Gasteiger partial charge >= 0.3 is 0 Å². The van der Waals surface area contributed by atoms with Crippen molar-refractivity contribution < 1.29 is 4.79 Å². The highest BCUT2D eigenvalue weighted by atomic mass is 16.1. The van der Waals surface area contributed by atoms with E-state index in [1.807, 2.05) is 0 Å². The number of fused-ring (bicyclic) bond motifs is 3. The van der Waals surface area contributed by atoms with E-state index in [1.165, 1.54) is 32.2 Å². The Morgan fingerprint density at radius 1 is 1.28 bits per heavy atom. The van der Waals surface area contributed by atoms with Crippen LogP contribution < -0.4 is 5.32 Å². The fourth-order valence-corrected chi connectivity index (χ4v) is 4.71. The second-order valence-corrected chi connectivity index (χ2v) is 6.70. The van der Waals surface area contributed by atoms with Gasteiger partial charge in [-0.05, 0) is 43.4 Å². The van der Waals surface area contributed by atoms with Crippen LogP contribution in [0.25, 0.3) is 0 Å². The fraction of sp³-hybridized carbons (Fsp3) is 0.800. The average molecular weight is 246 g/mol. The van der Waals surface area contributed by atoms with Crippen LogP contribution in [0.1, 0.15) is 25.7 Å². The molecule has 0 spiro atoms. The molecule has 2 aliphatic heterocycles. The van der Waals surface area contributed by atoms with Gasteiger partial charge in [0.05, 0.1) is 6.04 Å². The summed E-state index contributed by atoms with van der Waals surface area (Å²) < 4.78 is 0. The minimum Gasteiger partial charge on any atom is -0.307 e. The number of hydrogen-bond donors (Lipinski definition) is 1. The SMILES string of the molecule is O=CC1NCC2CN(C34C=CC(CC3)CC4)CC21. The first-order valence-electron chi connectivity index (χ1n) is 7.44. The van der Waals surface area contributed by atoms with Crippen molar-refractivity contribution in [1.29, 1.82) is 0 Å². The van der Waals surface area contributed by atoms with E-state index < -0.39 is 0 Å². The zero-order valence-corrected chi connectivity index (χ0v) is 10.8.